The van der Waals surface area contributed by atoms with Crippen molar-refractivity contribution in [2.24, 2.45) is 0 Å². The maximum Gasteiger partial charge on any atom is 0.407 e. The van der Waals surface area contributed by atoms with E-state index in [0.717, 1.165) is 25.7 Å². The van der Waals surface area contributed by atoms with Crippen LogP contribution in [0.5, 0.6) is 0 Å². The summed E-state index contributed by atoms with van der Waals surface area (Å²) in [5.41, 5.74) is -0.437. The number of aliphatic hydroxyl groups is 1. The van der Waals surface area contributed by atoms with Gasteiger partial charge < -0.3 is 20.5 Å². The van der Waals surface area contributed by atoms with Crippen LogP contribution in [-0.2, 0) is 4.74 Å². The molecule has 0 heterocycles. The third kappa shape index (κ3) is 3.85. The van der Waals surface area contributed by atoms with Crippen LogP contribution >= 0.6 is 0 Å². The molecule has 0 saturated heterocycles. The maximum atomic E-state index is 11.5. The van der Waals surface area contributed by atoms with Gasteiger partial charge in [-0.25, -0.2) is 4.79 Å². The zero-order valence-electron chi connectivity index (χ0n) is 11.4. The zero-order valence-corrected chi connectivity index (χ0v) is 11.4. The van der Waals surface area contributed by atoms with Gasteiger partial charge in [0.15, 0.2) is 0 Å². The second kappa shape index (κ2) is 5.05. The molecule has 0 aromatic carbocycles. The largest absolute Gasteiger partial charge is 0.444 e. The molecule has 5 heteroatoms. The van der Waals surface area contributed by atoms with Crippen LogP contribution in [0.25, 0.3) is 0 Å². The molecule has 0 aromatic heterocycles. The van der Waals surface area contributed by atoms with Crippen LogP contribution in [-0.4, -0.2) is 41.0 Å². The second-order valence-electron chi connectivity index (χ2n) is 6.50. The quantitative estimate of drug-likeness (QED) is 0.708. The van der Waals surface area contributed by atoms with Gasteiger partial charge >= 0.3 is 6.09 Å². The summed E-state index contributed by atoms with van der Waals surface area (Å²) in [7, 11) is 0. The van der Waals surface area contributed by atoms with Crippen LogP contribution in [0, 0.1) is 0 Å². The van der Waals surface area contributed by atoms with Crippen LogP contribution < -0.4 is 10.6 Å². The van der Waals surface area contributed by atoms with Gasteiger partial charge in [-0.3, -0.25) is 0 Å². The molecule has 104 valence electrons. The third-order valence-corrected chi connectivity index (χ3v) is 3.44. The Bertz CT molecular complexity index is 302. The lowest BCUT2D eigenvalue weighted by molar-refractivity contribution is 0.0393. The van der Waals surface area contributed by atoms with Crippen molar-refractivity contribution in [1.82, 2.24) is 10.6 Å². The number of carbonyl (C=O) groups is 1. The molecular weight excluding hydrogens is 232 g/mol. The molecule has 2 saturated carbocycles. The van der Waals surface area contributed by atoms with Crippen LogP contribution in [0.3, 0.4) is 0 Å². The van der Waals surface area contributed by atoms with Gasteiger partial charge in [0, 0.05) is 18.1 Å². The summed E-state index contributed by atoms with van der Waals surface area (Å²) >= 11 is 0. The topological polar surface area (TPSA) is 70.6 Å². The molecule has 0 atom stereocenters. The molecule has 2 aliphatic carbocycles. The number of aliphatic hydroxyl groups excluding tert-OH is 1. The van der Waals surface area contributed by atoms with Gasteiger partial charge in [0.25, 0.3) is 0 Å². The van der Waals surface area contributed by atoms with Crippen molar-refractivity contribution in [3.63, 3.8) is 0 Å². The first-order valence-corrected chi connectivity index (χ1v) is 6.75. The Balaban J connectivity index is 1.57. The predicted octanol–water partition coefficient (Wildman–Crippen LogP) is 1.15. The average molecular weight is 256 g/mol. The van der Waals surface area contributed by atoms with Gasteiger partial charge in [0.05, 0.1) is 6.10 Å². The summed E-state index contributed by atoms with van der Waals surface area (Å²) in [6.07, 6.45) is 3.18. The molecule has 2 rings (SSSR count). The second-order valence-corrected chi connectivity index (χ2v) is 6.50. The van der Waals surface area contributed by atoms with Crippen LogP contribution in [0.2, 0.25) is 0 Å². The molecule has 3 N–H and O–H groups in total. The summed E-state index contributed by atoms with van der Waals surface area (Å²) in [5.74, 6) is 0. The van der Waals surface area contributed by atoms with Crippen molar-refractivity contribution < 1.29 is 14.6 Å². The SMILES string of the molecule is CC(C)(C)OC(=O)NC1CC(NC2CC(O)C2)C1. The lowest BCUT2D eigenvalue weighted by atomic mass is 9.82. The fraction of sp³-hybridized carbons (Fsp3) is 0.923. The first-order valence-electron chi connectivity index (χ1n) is 6.75. The summed E-state index contributed by atoms with van der Waals surface area (Å²) < 4.78 is 5.20. The van der Waals surface area contributed by atoms with Crippen molar-refractivity contribution in [3.05, 3.63) is 0 Å². The molecule has 18 heavy (non-hydrogen) atoms. The highest BCUT2D eigenvalue weighted by atomic mass is 16.6. The van der Waals surface area contributed by atoms with E-state index in [4.69, 9.17) is 4.74 Å². The average Bonchev–Trinajstić information content (AvgIpc) is 2.08. The lowest BCUT2D eigenvalue weighted by Crippen LogP contribution is -2.58. The monoisotopic (exact) mass is 256 g/mol. The van der Waals surface area contributed by atoms with E-state index in [1.165, 1.54) is 0 Å². The Labute approximate surface area is 108 Å². The van der Waals surface area contributed by atoms with E-state index in [1.807, 2.05) is 20.8 Å². The minimum atomic E-state index is -0.437. The zero-order chi connectivity index (χ0) is 13.3. The molecule has 1 amide bonds. The van der Waals surface area contributed by atoms with E-state index >= 15 is 0 Å². The molecule has 0 unspecified atom stereocenters. The molecule has 0 spiro atoms. The Morgan fingerprint density at radius 2 is 1.67 bits per heavy atom. The molecule has 0 radical (unpaired) electrons. The highest BCUT2D eigenvalue weighted by Crippen LogP contribution is 2.26. The first kappa shape index (κ1) is 13.6. The normalized spacial score (nSPS) is 35.3. The van der Waals surface area contributed by atoms with Gasteiger partial charge in [0.2, 0.25) is 0 Å². The van der Waals surface area contributed by atoms with E-state index in [-0.39, 0.29) is 18.2 Å². The summed E-state index contributed by atoms with van der Waals surface area (Å²) in [6.45, 7) is 5.58. The number of nitrogens with one attached hydrogen (secondary N) is 2. The van der Waals surface area contributed by atoms with Crippen LogP contribution in [0.1, 0.15) is 46.5 Å². The van der Waals surface area contributed by atoms with E-state index < -0.39 is 5.60 Å². The highest BCUT2D eigenvalue weighted by Gasteiger charge is 2.36. The van der Waals surface area contributed by atoms with Gasteiger partial charge in [0.1, 0.15) is 5.60 Å². The van der Waals surface area contributed by atoms with Gasteiger partial charge in [-0.2, -0.15) is 0 Å². The molecule has 2 fully saturated rings. The minimum absolute atomic E-state index is 0.113. The smallest absolute Gasteiger partial charge is 0.407 e. The Kier molecular flexibility index (Phi) is 3.82. The van der Waals surface area contributed by atoms with Gasteiger partial charge in [-0.1, -0.05) is 0 Å². The van der Waals surface area contributed by atoms with Gasteiger partial charge in [-0.15, -0.1) is 0 Å². The maximum absolute atomic E-state index is 11.5. The standard InChI is InChI=1S/C13H24N2O3/c1-13(2,3)18-12(17)15-9-4-8(5-9)14-10-6-11(16)7-10/h8-11,14,16H,4-7H2,1-3H3,(H,15,17). The molecular formula is C13H24N2O3. The van der Waals surface area contributed by atoms with E-state index in [2.05, 4.69) is 10.6 Å². The summed E-state index contributed by atoms with van der Waals surface area (Å²) in [5, 5.41) is 15.5. The molecule has 2 aliphatic rings. The van der Waals surface area contributed by atoms with Crippen molar-refractivity contribution in [3.8, 4) is 0 Å². The summed E-state index contributed by atoms with van der Waals surface area (Å²) in [6, 6.07) is 1.16. The van der Waals surface area contributed by atoms with Crippen molar-refractivity contribution in [1.29, 1.82) is 0 Å². The number of hydrogen-bond donors (Lipinski definition) is 3. The van der Waals surface area contributed by atoms with Crippen LogP contribution in [0.15, 0.2) is 0 Å². The van der Waals surface area contributed by atoms with Crippen LogP contribution in [0.4, 0.5) is 4.79 Å². The third-order valence-electron chi connectivity index (χ3n) is 3.44. The number of ether oxygens (including phenoxy) is 1. The predicted molar refractivity (Wildman–Crippen MR) is 68.3 cm³/mol. The number of hydrogen-bond acceptors (Lipinski definition) is 4. The fourth-order valence-electron chi connectivity index (χ4n) is 2.40. The molecule has 0 aromatic rings. The van der Waals surface area contributed by atoms with Gasteiger partial charge in [-0.05, 0) is 46.5 Å². The molecule has 0 bridgehead atoms. The molecule has 0 aliphatic heterocycles. The number of alkyl carbamates (subject to hydrolysis) is 1. The fourth-order valence-corrected chi connectivity index (χ4v) is 2.40. The first-order chi connectivity index (χ1) is 8.32. The Morgan fingerprint density at radius 3 is 2.17 bits per heavy atom. The summed E-state index contributed by atoms with van der Waals surface area (Å²) in [4.78, 5) is 11.5. The van der Waals surface area contributed by atoms with E-state index in [0.29, 0.717) is 12.1 Å². The highest BCUT2D eigenvalue weighted by molar-refractivity contribution is 5.68. The molecule has 5 nitrogen and oxygen atoms in total. The number of rotatable bonds is 3. The number of carbonyl (C=O) groups excluding carboxylic acids is 1. The van der Waals surface area contributed by atoms with Crippen molar-refractivity contribution >= 4 is 6.09 Å². The van der Waals surface area contributed by atoms with Crippen molar-refractivity contribution in [2.45, 2.75) is 76.3 Å². The Hall–Kier alpha value is -0.810. The Morgan fingerprint density at radius 1 is 1.11 bits per heavy atom. The van der Waals surface area contributed by atoms with E-state index in [9.17, 15) is 9.90 Å². The van der Waals surface area contributed by atoms with E-state index in [1.54, 1.807) is 0 Å². The lowest BCUT2D eigenvalue weighted by Gasteiger charge is -2.42. The van der Waals surface area contributed by atoms with Crippen molar-refractivity contribution in [2.75, 3.05) is 0 Å². The minimum Gasteiger partial charge on any atom is -0.444 e. The number of amides is 1.